The van der Waals surface area contributed by atoms with E-state index in [9.17, 15) is 19.5 Å². The minimum atomic E-state index is -0.867. The Labute approximate surface area is 234 Å². The highest BCUT2D eigenvalue weighted by Crippen LogP contribution is 2.69. The van der Waals surface area contributed by atoms with Crippen LogP contribution in [-0.2, 0) is 19.1 Å². The van der Waals surface area contributed by atoms with E-state index < -0.39 is 28.7 Å². The number of rotatable bonds is 12. The molecule has 0 aromatic heterocycles. The number of ether oxygens (including phenoxy) is 1. The van der Waals surface area contributed by atoms with Gasteiger partial charge in [0.2, 0.25) is 5.91 Å². The number of esters is 1. The maximum atomic E-state index is 14.5. The number of unbranched alkanes of at least 4 members (excludes halogenated alkanes) is 2. The topological polar surface area (TPSA) is 87.1 Å². The van der Waals surface area contributed by atoms with Gasteiger partial charge in [0.05, 0.1) is 46.5 Å². The lowest BCUT2D eigenvalue weighted by atomic mass is 9.66. The van der Waals surface area contributed by atoms with Gasteiger partial charge in [0.25, 0.3) is 5.91 Å². The van der Waals surface area contributed by atoms with Gasteiger partial charge in [-0.3, -0.25) is 14.4 Å². The summed E-state index contributed by atoms with van der Waals surface area (Å²) in [5.41, 5.74) is 0.531. The van der Waals surface area contributed by atoms with Crippen molar-refractivity contribution in [2.45, 2.75) is 61.6 Å². The number of carbonyl (C=O) groups is 3. The first-order valence-corrected chi connectivity index (χ1v) is 14.5. The minimum absolute atomic E-state index is 0.00441. The SMILES string of the molecule is C=CCCCCOC(=O)[C@@H]1[C@H]2C(=O)N([C@H](C)CO)C(C(=O)N(CC=C)c3ccccc3Cl)C23S[C@@H]1CC3C. The van der Waals surface area contributed by atoms with Crippen LogP contribution in [0.4, 0.5) is 5.69 Å². The lowest BCUT2D eigenvalue weighted by Crippen LogP contribution is -2.59. The van der Waals surface area contributed by atoms with Crippen LogP contribution in [-0.4, -0.2) is 69.6 Å². The highest BCUT2D eigenvalue weighted by molar-refractivity contribution is 8.02. The van der Waals surface area contributed by atoms with Gasteiger partial charge in [-0.2, -0.15) is 0 Å². The summed E-state index contributed by atoms with van der Waals surface area (Å²) < 4.78 is 4.86. The molecule has 3 fully saturated rings. The Hall–Kier alpha value is -2.29. The molecule has 3 aliphatic heterocycles. The summed E-state index contributed by atoms with van der Waals surface area (Å²) >= 11 is 8.09. The molecule has 206 valence electrons. The molecule has 3 heterocycles. The third-order valence-corrected chi connectivity index (χ3v) is 10.6. The fourth-order valence-corrected chi connectivity index (χ4v) is 9.11. The zero-order valence-electron chi connectivity index (χ0n) is 22.1. The average Bonchev–Trinajstić information content (AvgIpc) is 3.50. The molecule has 2 bridgehead atoms. The second-order valence-corrected chi connectivity index (χ2v) is 12.4. The third-order valence-electron chi connectivity index (χ3n) is 8.20. The molecule has 9 heteroatoms. The number of benzene rings is 1. The number of para-hydroxylation sites is 1. The number of hydrogen-bond acceptors (Lipinski definition) is 6. The number of carbonyl (C=O) groups excluding carboxylic acids is 3. The van der Waals surface area contributed by atoms with Crippen molar-refractivity contribution < 1.29 is 24.2 Å². The lowest BCUT2D eigenvalue weighted by Gasteiger charge is -2.41. The standard InChI is InChI=1S/C29H37ClN2O5S/c1-5-7-8-11-15-37-28(36)23-22-16-18(3)29(38-22)24(23)26(34)32(19(4)17-33)25(29)27(35)31(14-6-2)21-13-10-9-12-20(21)30/h5-6,9-10,12-13,18-19,22-25,33H,1-2,7-8,11,14-17H2,3-4H3/t18?,19-,22-,23+,24+,25?,29?/m1/s1. The number of likely N-dealkylation sites (tertiary alicyclic amines) is 1. The van der Waals surface area contributed by atoms with Crippen LogP contribution in [0.5, 0.6) is 0 Å². The predicted octanol–water partition coefficient (Wildman–Crippen LogP) is 4.48. The number of fused-ring (bicyclic) bond motifs is 1. The van der Waals surface area contributed by atoms with Crippen LogP contribution >= 0.6 is 23.4 Å². The number of nitrogens with zero attached hydrogens (tertiary/aromatic N) is 2. The molecule has 7 nitrogen and oxygen atoms in total. The summed E-state index contributed by atoms with van der Waals surface area (Å²) in [6, 6.07) is 5.61. The van der Waals surface area contributed by atoms with Crippen molar-refractivity contribution >= 4 is 46.8 Å². The Balaban J connectivity index is 1.72. The van der Waals surface area contributed by atoms with Crippen molar-refractivity contribution in [1.29, 1.82) is 0 Å². The first kappa shape index (κ1) is 28.7. The number of aliphatic hydroxyl groups excluding tert-OH is 1. The van der Waals surface area contributed by atoms with Crippen molar-refractivity contribution in [3.63, 3.8) is 0 Å². The van der Waals surface area contributed by atoms with Crippen LogP contribution in [0.3, 0.4) is 0 Å². The Morgan fingerprint density at radius 2 is 2.05 bits per heavy atom. The molecule has 0 saturated carbocycles. The van der Waals surface area contributed by atoms with E-state index in [-0.39, 0.29) is 42.1 Å². The monoisotopic (exact) mass is 560 g/mol. The molecule has 1 N–H and O–H groups in total. The molecule has 2 amide bonds. The van der Waals surface area contributed by atoms with Crippen molar-refractivity contribution in [3.05, 3.63) is 54.6 Å². The van der Waals surface area contributed by atoms with E-state index in [0.717, 1.165) is 19.3 Å². The molecule has 3 saturated heterocycles. The van der Waals surface area contributed by atoms with E-state index in [0.29, 0.717) is 23.7 Å². The molecule has 4 rings (SSSR count). The van der Waals surface area contributed by atoms with Crippen LogP contribution < -0.4 is 4.90 Å². The number of aliphatic hydroxyl groups is 1. The number of amides is 2. The van der Waals surface area contributed by atoms with Crippen LogP contribution in [0.1, 0.15) is 39.5 Å². The van der Waals surface area contributed by atoms with Crippen LogP contribution in [0.2, 0.25) is 5.02 Å². The normalized spacial score (nSPS) is 30.2. The van der Waals surface area contributed by atoms with Gasteiger partial charge in [0.1, 0.15) is 6.04 Å². The Morgan fingerprint density at radius 1 is 1.32 bits per heavy atom. The summed E-state index contributed by atoms with van der Waals surface area (Å²) in [5, 5.41) is 10.4. The molecular weight excluding hydrogens is 524 g/mol. The van der Waals surface area contributed by atoms with Gasteiger partial charge in [-0.15, -0.1) is 24.9 Å². The van der Waals surface area contributed by atoms with Gasteiger partial charge >= 0.3 is 5.97 Å². The number of thioether (sulfide) groups is 1. The van der Waals surface area contributed by atoms with E-state index in [2.05, 4.69) is 20.1 Å². The molecule has 0 radical (unpaired) electrons. The Bertz CT molecular complexity index is 1100. The summed E-state index contributed by atoms with van der Waals surface area (Å²) in [4.78, 5) is 45.1. The molecule has 38 heavy (non-hydrogen) atoms. The van der Waals surface area contributed by atoms with Crippen LogP contribution in [0, 0.1) is 17.8 Å². The van der Waals surface area contributed by atoms with Gasteiger partial charge in [-0.05, 0) is 50.7 Å². The van der Waals surface area contributed by atoms with Crippen molar-refractivity contribution in [2.75, 3.05) is 24.7 Å². The second-order valence-electron chi connectivity index (χ2n) is 10.5. The van der Waals surface area contributed by atoms with Crippen molar-refractivity contribution in [1.82, 2.24) is 4.90 Å². The zero-order chi connectivity index (χ0) is 27.6. The van der Waals surface area contributed by atoms with E-state index in [1.54, 1.807) is 53.9 Å². The van der Waals surface area contributed by atoms with Crippen molar-refractivity contribution in [3.8, 4) is 0 Å². The first-order chi connectivity index (χ1) is 18.2. The quantitative estimate of drug-likeness (QED) is 0.230. The van der Waals surface area contributed by atoms with Gasteiger partial charge in [0, 0.05) is 11.8 Å². The molecule has 1 aromatic carbocycles. The molecule has 0 aliphatic carbocycles. The highest BCUT2D eigenvalue weighted by Gasteiger charge is 2.77. The fraction of sp³-hybridized carbons (Fsp3) is 0.552. The Kier molecular flexibility index (Phi) is 8.95. The Morgan fingerprint density at radius 3 is 2.71 bits per heavy atom. The minimum Gasteiger partial charge on any atom is -0.465 e. The van der Waals surface area contributed by atoms with Gasteiger partial charge in [-0.25, -0.2) is 0 Å². The van der Waals surface area contributed by atoms with Crippen molar-refractivity contribution in [2.24, 2.45) is 17.8 Å². The number of allylic oxidation sites excluding steroid dienone is 1. The van der Waals surface area contributed by atoms with E-state index in [1.807, 2.05) is 6.08 Å². The predicted molar refractivity (Wildman–Crippen MR) is 151 cm³/mol. The summed E-state index contributed by atoms with van der Waals surface area (Å²) in [6.07, 6.45) is 6.63. The smallest absolute Gasteiger partial charge is 0.310 e. The van der Waals surface area contributed by atoms with Crippen LogP contribution in [0.15, 0.2) is 49.6 Å². The molecule has 1 spiro atoms. The number of hydrogen-bond donors (Lipinski definition) is 1. The first-order valence-electron chi connectivity index (χ1n) is 13.3. The molecule has 1 aromatic rings. The maximum Gasteiger partial charge on any atom is 0.310 e. The molecule has 7 atom stereocenters. The summed E-state index contributed by atoms with van der Waals surface area (Å²) in [6.45, 7) is 11.5. The third kappa shape index (κ3) is 4.69. The second kappa shape index (κ2) is 11.8. The number of halogens is 1. The molecule has 3 aliphatic rings. The van der Waals surface area contributed by atoms with Gasteiger partial charge in [0.15, 0.2) is 0 Å². The fourth-order valence-electron chi connectivity index (χ4n) is 6.48. The summed E-state index contributed by atoms with van der Waals surface area (Å²) in [7, 11) is 0. The largest absolute Gasteiger partial charge is 0.465 e. The van der Waals surface area contributed by atoms with E-state index in [4.69, 9.17) is 16.3 Å². The maximum absolute atomic E-state index is 14.5. The molecular formula is C29H37ClN2O5S. The lowest BCUT2D eigenvalue weighted by molar-refractivity contribution is -0.155. The van der Waals surface area contributed by atoms with E-state index in [1.165, 1.54) is 4.90 Å². The van der Waals surface area contributed by atoms with Gasteiger partial charge in [-0.1, -0.05) is 42.8 Å². The number of anilines is 1. The van der Waals surface area contributed by atoms with Crippen LogP contribution in [0.25, 0.3) is 0 Å². The van der Waals surface area contributed by atoms with E-state index >= 15 is 0 Å². The van der Waals surface area contributed by atoms with Gasteiger partial charge < -0.3 is 19.6 Å². The molecule has 3 unspecified atom stereocenters. The zero-order valence-corrected chi connectivity index (χ0v) is 23.6. The summed E-state index contributed by atoms with van der Waals surface area (Å²) in [5.74, 6) is -2.23. The highest BCUT2D eigenvalue weighted by atomic mass is 35.5. The average molecular weight is 561 g/mol.